The van der Waals surface area contributed by atoms with Gasteiger partial charge >= 0.3 is 45.9 Å². The number of fused-ring (bicyclic) bond motifs is 1. The minimum absolute atomic E-state index is 0. The van der Waals surface area contributed by atoms with E-state index in [0.29, 0.717) is 16.0 Å². The summed E-state index contributed by atoms with van der Waals surface area (Å²) in [7, 11) is -4.58. The van der Waals surface area contributed by atoms with Gasteiger partial charge in [0.15, 0.2) is 5.82 Å². The summed E-state index contributed by atoms with van der Waals surface area (Å²) in [6.07, 6.45) is 2.36. The Morgan fingerprint density at radius 2 is 2.08 bits per heavy atom. The van der Waals surface area contributed by atoms with Gasteiger partial charge in [-0.25, -0.2) is 9.10 Å². The number of amides is 3. The van der Waals surface area contributed by atoms with Crippen LogP contribution in [-0.4, -0.2) is 92.4 Å². The molecule has 2 saturated heterocycles. The zero-order valence-corrected chi connectivity index (χ0v) is 13.3. The molecule has 3 heterocycles. The normalized spacial score (nSPS) is 25.2. The number of urea groups is 1. The topological polar surface area (TPSA) is 146 Å². The van der Waals surface area contributed by atoms with E-state index in [1.165, 1.54) is 4.90 Å². The number of rotatable bonds is 4. The fraction of sp³-hybridized carbons (Fsp3) is 0.667. The van der Waals surface area contributed by atoms with Gasteiger partial charge in [0.1, 0.15) is 6.04 Å². The molecule has 0 aromatic carbocycles. The van der Waals surface area contributed by atoms with Gasteiger partial charge in [-0.2, -0.15) is 13.4 Å². The fourth-order valence-corrected chi connectivity index (χ4v) is 4.04. The van der Waals surface area contributed by atoms with Crippen LogP contribution in [-0.2, 0) is 21.6 Å². The van der Waals surface area contributed by atoms with Crippen molar-refractivity contribution in [1.82, 2.24) is 24.7 Å². The number of β-lactam (4-membered cyclic amide) rings is 1. The van der Waals surface area contributed by atoms with Crippen molar-refractivity contribution >= 4 is 51.8 Å². The third-order valence-corrected chi connectivity index (χ3v) is 5.41. The number of hydrogen-bond donors (Lipinski definition) is 2. The van der Waals surface area contributed by atoms with E-state index in [0.717, 1.165) is 12.8 Å². The van der Waals surface area contributed by atoms with Crippen LogP contribution in [0.2, 0.25) is 0 Å². The molecule has 3 aliphatic rings. The Kier molecular flexibility index (Phi) is 4.83. The van der Waals surface area contributed by atoms with Gasteiger partial charge in [-0.1, -0.05) is 5.16 Å². The Balaban J connectivity index is 0.00000182. The number of nitrogens with one attached hydrogen (secondary N) is 1. The second-order valence-corrected chi connectivity index (χ2v) is 7.37. The molecule has 11 nitrogen and oxygen atoms in total. The van der Waals surface area contributed by atoms with Crippen LogP contribution in [0.25, 0.3) is 0 Å². The molecule has 1 saturated carbocycles. The Bertz CT molecular complexity index is 809. The number of hydrogen-bond acceptors (Lipinski definition) is 7. The van der Waals surface area contributed by atoms with Crippen LogP contribution in [0.4, 0.5) is 4.79 Å². The number of likely N-dealkylation sites (tertiary alicyclic amines) is 1. The molecule has 1 aromatic rings. The molecular weight excluding hydrogens is 365 g/mol. The first-order chi connectivity index (χ1) is 11.4. The number of carbonyl (C=O) groups is 2. The maximum absolute atomic E-state index is 12.2. The second kappa shape index (κ2) is 6.50. The fourth-order valence-electron chi connectivity index (χ4n) is 3.14. The first-order valence-corrected chi connectivity index (χ1v) is 8.93. The van der Waals surface area contributed by atoms with Crippen molar-refractivity contribution in [2.45, 2.75) is 43.8 Å². The standard InChI is InChI=1S/C12H15N5O6S.Na.H/c18-11-9-7(17(11)24(20,21)22)3-4-16(9)12(19)13-5-8-14-10(15-23-8)6-1-2-6;;/h6-7,9H,1-5H2,(H,13,19)(H,20,21,22);;/t7-,9+;;/m1../s1. The molecule has 0 radical (unpaired) electrons. The van der Waals surface area contributed by atoms with Gasteiger partial charge in [-0.15, -0.1) is 0 Å². The van der Waals surface area contributed by atoms with Crippen molar-refractivity contribution in [1.29, 1.82) is 0 Å². The molecule has 132 valence electrons. The van der Waals surface area contributed by atoms with Crippen LogP contribution in [0.15, 0.2) is 4.52 Å². The van der Waals surface area contributed by atoms with Crippen molar-refractivity contribution in [2.24, 2.45) is 0 Å². The van der Waals surface area contributed by atoms with E-state index in [2.05, 4.69) is 15.5 Å². The summed E-state index contributed by atoms with van der Waals surface area (Å²) in [4.78, 5) is 29.5. The van der Waals surface area contributed by atoms with Crippen molar-refractivity contribution in [2.75, 3.05) is 6.54 Å². The Labute approximate surface area is 165 Å². The van der Waals surface area contributed by atoms with E-state index in [-0.39, 0.29) is 55.0 Å². The molecule has 1 aliphatic carbocycles. The number of aromatic nitrogens is 2. The van der Waals surface area contributed by atoms with E-state index in [1.54, 1.807) is 0 Å². The molecular formula is C12H16N5NaO6S. The molecule has 0 unspecified atom stereocenters. The van der Waals surface area contributed by atoms with Gasteiger partial charge in [0, 0.05) is 12.5 Å². The van der Waals surface area contributed by atoms with Crippen LogP contribution in [0.5, 0.6) is 0 Å². The quantitative estimate of drug-likeness (QED) is 0.368. The second-order valence-electron chi connectivity index (χ2n) is 6.09. The van der Waals surface area contributed by atoms with Crippen molar-refractivity contribution in [3.63, 3.8) is 0 Å². The van der Waals surface area contributed by atoms with E-state index < -0.39 is 34.3 Å². The van der Waals surface area contributed by atoms with Crippen LogP contribution in [0.3, 0.4) is 0 Å². The monoisotopic (exact) mass is 381 g/mol. The zero-order chi connectivity index (χ0) is 17.1. The third kappa shape index (κ3) is 3.28. The van der Waals surface area contributed by atoms with Gasteiger partial charge in [0.25, 0.3) is 5.91 Å². The molecule has 1 aromatic heterocycles. The molecule has 0 bridgehead atoms. The first kappa shape index (κ1) is 18.6. The molecule has 2 aliphatic heterocycles. The first-order valence-electron chi connectivity index (χ1n) is 7.54. The average Bonchev–Trinajstić information content (AvgIpc) is 3.12. The van der Waals surface area contributed by atoms with Gasteiger partial charge in [-0.05, 0) is 19.3 Å². The SMILES string of the molecule is O=C(NCc1nc(C2CC2)no1)N1CC[C@@H]2[C@H]1C(=O)N2S(=O)(=O)O.[NaH]. The van der Waals surface area contributed by atoms with Gasteiger partial charge in [0.05, 0.1) is 12.6 Å². The van der Waals surface area contributed by atoms with Gasteiger partial charge in [0.2, 0.25) is 5.89 Å². The molecule has 3 fully saturated rings. The van der Waals surface area contributed by atoms with Crippen LogP contribution in [0, 0.1) is 0 Å². The Morgan fingerprint density at radius 3 is 2.72 bits per heavy atom. The Hall–Kier alpha value is -1.21. The number of nitrogens with zero attached hydrogens (tertiary/aromatic N) is 4. The van der Waals surface area contributed by atoms with Crippen LogP contribution in [0.1, 0.15) is 36.9 Å². The summed E-state index contributed by atoms with van der Waals surface area (Å²) in [5.41, 5.74) is 0. The summed E-state index contributed by atoms with van der Waals surface area (Å²) in [5, 5.41) is 6.42. The molecule has 13 heteroatoms. The molecule has 2 N–H and O–H groups in total. The molecule has 2 atom stereocenters. The van der Waals surface area contributed by atoms with Gasteiger partial charge < -0.3 is 14.7 Å². The summed E-state index contributed by atoms with van der Waals surface area (Å²) in [6.45, 7) is 0.249. The van der Waals surface area contributed by atoms with Crippen molar-refractivity contribution < 1.29 is 27.1 Å². The molecule has 25 heavy (non-hydrogen) atoms. The van der Waals surface area contributed by atoms with E-state index in [9.17, 15) is 18.0 Å². The van der Waals surface area contributed by atoms with Gasteiger partial charge in [-0.3, -0.25) is 9.35 Å². The predicted octanol–water partition coefficient (Wildman–Crippen LogP) is -1.40. The number of carbonyl (C=O) groups excluding carboxylic acids is 2. The van der Waals surface area contributed by atoms with E-state index in [1.807, 2.05) is 0 Å². The zero-order valence-electron chi connectivity index (χ0n) is 12.5. The Morgan fingerprint density at radius 1 is 1.36 bits per heavy atom. The van der Waals surface area contributed by atoms with Crippen LogP contribution < -0.4 is 5.32 Å². The van der Waals surface area contributed by atoms with E-state index >= 15 is 0 Å². The van der Waals surface area contributed by atoms with Crippen LogP contribution >= 0.6 is 0 Å². The van der Waals surface area contributed by atoms with E-state index in [4.69, 9.17) is 9.08 Å². The molecule has 3 amide bonds. The maximum atomic E-state index is 12.2. The summed E-state index contributed by atoms with van der Waals surface area (Å²) < 4.78 is 36.7. The predicted molar refractivity (Wildman–Crippen MR) is 83.0 cm³/mol. The minimum atomic E-state index is -4.58. The summed E-state index contributed by atoms with van der Waals surface area (Å²) in [5.74, 6) is 0.458. The molecule has 4 rings (SSSR count). The average molecular weight is 381 g/mol. The van der Waals surface area contributed by atoms with Crippen molar-refractivity contribution in [3.8, 4) is 0 Å². The summed E-state index contributed by atoms with van der Waals surface area (Å²) in [6, 6.07) is -2.09. The molecule has 0 spiro atoms. The summed E-state index contributed by atoms with van der Waals surface area (Å²) >= 11 is 0. The van der Waals surface area contributed by atoms with Crippen molar-refractivity contribution in [3.05, 3.63) is 11.7 Å². The third-order valence-electron chi connectivity index (χ3n) is 4.46.